The van der Waals surface area contributed by atoms with Gasteiger partial charge in [0.15, 0.2) is 0 Å². The highest BCUT2D eigenvalue weighted by Crippen LogP contribution is 2.30. The molecule has 2 nitrogen and oxygen atoms in total. The number of fused-ring (bicyclic) bond motifs is 1. The van der Waals surface area contributed by atoms with Crippen LogP contribution in [-0.2, 0) is 13.0 Å². The van der Waals surface area contributed by atoms with Crippen molar-refractivity contribution in [3.8, 4) is 0 Å². The molecule has 0 atom stereocenters. The zero-order valence-corrected chi connectivity index (χ0v) is 12.3. The number of nitrogens with one attached hydrogen (secondary N) is 1. The van der Waals surface area contributed by atoms with Crippen molar-refractivity contribution in [2.45, 2.75) is 50.1 Å². The number of nitrogens with two attached hydrogens (primary N) is 1. The molecule has 0 aromatic heterocycles. The van der Waals surface area contributed by atoms with Gasteiger partial charge in [0.05, 0.1) is 0 Å². The number of thioether (sulfide) groups is 1. The van der Waals surface area contributed by atoms with Crippen LogP contribution >= 0.6 is 11.8 Å². The molecular weight excluding hydrogens is 240 g/mol. The fourth-order valence-corrected chi connectivity index (χ4v) is 3.33. The molecule has 0 spiro atoms. The smallest absolute Gasteiger partial charge is 0.0210 e. The Morgan fingerprint density at radius 2 is 2.22 bits per heavy atom. The summed E-state index contributed by atoms with van der Waals surface area (Å²) in [6.07, 6.45) is 3.56. The summed E-state index contributed by atoms with van der Waals surface area (Å²) in [5, 5.41) is 3.60. The van der Waals surface area contributed by atoms with E-state index in [1.165, 1.54) is 34.6 Å². The Balaban J connectivity index is 1.98. The van der Waals surface area contributed by atoms with E-state index in [9.17, 15) is 0 Å². The van der Waals surface area contributed by atoms with E-state index in [2.05, 4.69) is 37.4 Å². The van der Waals surface area contributed by atoms with E-state index in [-0.39, 0.29) is 5.54 Å². The summed E-state index contributed by atoms with van der Waals surface area (Å²) in [6, 6.07) is 6.90. The van der Waals surface area contributed by atoms with Crippen molar-refractivity contribution in [1.82, 2.24) is 5.32 Å². The molecule has 1 aliphatic heterocycles. The molecule has 0 saturated heterocycles. The number of hydrogen-bond acceptors (Lipinski definition) is 3. The van der Waals surface area contributed by atoms with Gasteiger partial charge in [-0.25, -0.2) is 0 Å². The molecule has 1 aliphatic rings. The van der Waals surface area contributed by atoms with Gasteiger partial charge in [-0.15, -0.1) is 11.8 Å². The van der Waals surface area contributed by atoms with E-state index in [1.54, 1.807) is 0 Å². The molecule has 18 heavy (non-hydrogen) atoms. The fourth-order valence-electron chi connectivity index (χ4n) is 2.31. The molecule has 1 aromatic carbocycles. The van der Waals surface area contributed by atoms with Crippen molar-refractivity contribution in [2.24, 2.45) is 5.73 Å². The second-order valence-corrected chi connectivity index (χ2v) is 6.81. The maximum atomic E-state index is 5.63. The molecule has 0 fully saturated rings. The zero-order chi connectivity index (χ0) is 13.0. The lowest BCUT2D eigenvalue weighted by molar-refractivity contribution is 0.365. The van der Waals surface area contributed by atoms with E-state index < -0.39 is 0 Å². The lowest BCUT2D eigenvalue weighted by atomic mass is 9.99. The first-order valence-electron chi connectivity index (χ1n) is 6.80. The molecule has 2 rings (SSSR count). The van der Waals surface area contributed by atoms with Gasteiger partial charge in [0.1, 0.15) is 0 Å². The van der Waals surface area contributed by atoms with Gasteiger partial charge in [0.2, 0.25) is 0 Å². The van der Waals surface area contributed by atoms with Crippen LogP contribution in [0.5, 0.6) is 0 Å². The van der Waals surface area contributed by atoms with Gasteiger partial charge in [-0.1, -0.05) is 12.1 Å². The Hall–Kier alpha value is -0.510. The Kier molecular flexibility index (Phi) is 4.71. The van der Waals surface area contributed by atoms with Gasteiger partial charge in [0.25, 0.3) is 0 Å². The predicted octanol–water partition coefficient (Wildman–Crippen LogP) is 2.94. The minimum Gasteiger partial charge on any atom is -0.330 e. The van der Waals surface area contributed by atoms with Crippen LogP contribution in [0.1, 0.15) is 37.8 Å². The first-order valence-corrected chi connectivity index (χ1v) is 7.79. The van der Waals surface area contributed by atoms with Gasteiger partial charge in [0, 0.05) is 17.0 Å². The van der Waals surface area contributed by atoms with Crippen LogP contribution < -0.4 is 11.1 Å². The normalized spacial score (nSPS) is 15.5. The fraction of sp³-hybridized carbons (Fsp3) is 0.600. The van der Waals surface area contributed by atoms with Crippen LogP contribution in [0.3, 0.4) is 0 Å². The molecule has 0 saturated carbocycles. The van der Waals surface area contributed by atoms with Crippen molar-refractivity contribution >= 4 is 11.8 Å². The van der Waals surface area contributed by atoms with Crippen molar-refractivity contribution < 1.29 is 0 Å². The van der Waals surface area contributed by atoms with Crippen molar-refractivity contribution in [3.05, 3.63) is 29.3 Å². The van der Waals surface area contributed by atoms with Crippen LogP contribution in [0.15, 0.2) is 23.1 Å². The lowest BCUT2D eigenvalue weighted by Gasteiger charge is -2.26. The Morgan fingerprint density at radius 3 is 3.00 bits per heavy atom. The van der Waals surface area contributed by atoms with Crippen LogP contribution in [0.4, 0.5) is 0 Å². The summed E-state index contributed by atoms with van der Waals surface area (Å²) < 4.78 is 0. The average molecular weight is 264 g/mol. The Bertz CT molecular complexity index is 401. The van der Waals surface area contributed by atoms with Gasteiger partial charge in [-0.2, -0.15) is 0 Å². The van der Waals surface area contributed by atoms with Gasteiger partial charge in [-0.3, -0.25) is 0 Å². The number of hydrogen-bond donors (Lipinski definition) is 2. The first-order chi connectivity index (χ1) is 8.61. The second-order valence-electron chi connectivity index (χ2n) is 5.67. The number of benzene rings is 1. The molecule has 0 bridgehead atoms. The van der Waals surface area contributed by atoms with Crippen LogP contribution in [-0.4, -0.2) is 17.8 Å². The molecule has 0 aliphatic carbocycles. The minimum absolute atomic E-state index is 0.124. The second kappa shape index (κ2) is 6.09. The molecule has 1 heterocycles. The summed E-state index contributed by atoms with van der Waals surface area (Å²) >= 11 is 1.99. The van der Waals surface area contributed by atoms with Gasteiger partial charge >= 0.3 is 0 Å². The van der Waals surface area contributed by atoms with Crippen molar-refractivity contribution in [3.63, 3.8) is 0 Å². The number of rotatable bonds is 5. The highest BCUT2D eigenvalue weighted by Gasteiger charge is 2.16. The zero-order valence-electron chi connectivity index (χ0n) is 11.5. The molecule has 0 radical (unpaired) electrons. The largest absolute Gasteiger partial charge is 0.330 e. The Morgan fingerprint density at radius 1 is 1.39 bits per heavy atom. The summed E-state index contributed by atoms with van der Waals surface area (Å²) in [4.78, 5) is 1.48. The van der Waals surface area contributed by atoms with Crippen LogP contribution in [0, 0.1) is 0 Å². The molecule has 0 unspecified atom stereocenters. The molecular formula is C15H24N2S. The van der Waals surface area contributed by atoms with E-state index in [1.807, 2.05) is 11.8 Å². The van der Waals surface area contributed by atoms with Crippen LogP contribution in [0.2, 0.25) is 0 Å². The third-order valence-electron chi connectivity index (χ3n) is 3.51. The molecule has 3 N–H and O–H groups in total. The maximum absolute atomic E-state index is 5.63. The summed E-state index contributed by atoms with van der Waals surface area (Å²) in [5.41, 5.74) is 8.68. The standard InChI is InChI=1S/C15H24N2S/c1-15(2,7-8-16)17-11-12-5-6-14-13(10-12)4-3-9-18-14/h5-6,10,17H,3-4,7-9,11,16H2,1-2H3. The lowest BCUT2D eigenvalue weighted by Crippen LogP contribution is -2.40. The number of aryl methyl sites for hydroxylation is 1. The average Bonchev–Trinajstić information content (AvgIpc) is 2.36. The van der Waals surface area contributed by atoms with Crippen molar-refractivity contribution in [1.29, 1.82) is 0 Å². The molecule has 0 amide bonds. The third kappa shape index (κ3) is 3.74. The maximum Gasteiger partial charge on any atom is 0.0210 e. The SMILES string of the molecule is CC(C)(CCN)NCc1ccc2c(c1)CCCS2. The van der Waals surface area contributed by atoms with E-state index >= 15 is 0 Å². The quantitative estimate of drug-likeness (QED) is 0.859. The van der Waals surface area contributed by atoms with E-state index in [0.717, 1.165) is 19.5 Å². The summed E-state index contributed by atoms with van der Waals surface area (Å²) in [5.74, 6) is 1.27. The van der Waals surface area contributed by atoms with Crippen LogP contribution in [0.25, 0.3) is 0 Å². The third-order valence-corrected chi connectivity index (χ3v) is 4.72. The molecule has 3 heteroatoms. The monoisotopic (exact) mass is 264 g/mol. The predicted molar refractivity (Wildman–Crippen MR) is 80.1 cm³/mol. The van der Waals surface area contributed by atoms with E-state index in [4.69, 9.17) is 5.73 Å². The summed E-state index contributed by atoms with van der Waals surface area (Å²) in [6.45, 7) is 6.11. The van der Waals surface area contributed by atoms with Gasteiger partial charge in [-0.05, 0) is 62.6 Å². The molecule has 100 valence electrons. The highest BCUT2D eigenvalue weighted by molar-refractivity contribution is 7.99. The van der Waals surface area contributed by atoms with Crippen molar-refractivity contribution in [2.75, 3.05) is 12.3 Å². The highest BCUT2D eigenvalue weighted by atomic mass is 32.2. The Labute approximate surface area is 115 Å². The summed E-state index contributed by atoms with van der Waals surface area (Å²) in [7, 11) is 0. The minimum atomic E-state index is 0.124. The van der Waals surface area contributed by atoms with E-state index in [0.29, 0.717) is 0 Å². The van der Waals surface area contributed by atoms with Gasteiger partial charge < -0.3 is 11.1 Å². The first kappa shape index (κ1) is 13.9. The topological polar surface area (TPSA) is 38.0 Å². The molecule has 1 aromatic rings.